The van der Waals surface area contributed by atoms with Crippen molar-refractivity contribution in [1.29, 1.82) is 0 Å². The third-order valence-corrected chi connectivity index (χ3v) is 5.80. The Balaban J connectivity index is 1.38. The maximum atomic E-state index is 14.9. The van der Waals surface area contributed by atoms with Crippen molar-refractivity contribution in [2.45, 2.75) is 39.2 Å². The molecular formula is C25H27FN4O3. The van der Waals surface area contributed by atoms with Crippen LogP contribution in [0.5, 0.6) is 0 Å². The number of carbonyl (C=O) groups excluding carboxylic acids is 2. The number of nitrogens with one attached hydrogen (secondary N) is 2. The first-order valence-corrected chi connectivity index (χ1v) is 11.0. The SMILES string of the molecule is CC(=O)NC[C@H]1CN(c2ccc(-c3ccc(CCCc4nc[nH]c4C)cc3)c(F)c2)C(=O)O1. The van der Waals surface area contributed by atoms with E-state index >= 15 is 0 Å². The number of halogens is 1. The van der Waals surface area contributed by atoms with Gasteiger partial charge in [-0.25, -0.2) is 14.2 Å². The number of imidazole rings is 1. The van der Waals surface area contributed by atoms with Gasteiger partial charge in [0.15, 0.2) is 0 Å². The molecule has 1 atom stereocenters. The highest BCUT2D eigenvalue weighted by Gasteiger charge is 2.32. The Kier molecular flexibility index (Phi) is 6.72. The van der Waals surface area contributed by atoms with Crippen LogP contribution in [-0.2, 0) is 22.4 Å². The average Bonchev–Trinajstić information content (AvgIpc) is 3.38. The lowest BCUT2D eigenvalue weighted by Crippen LogP contribution is -2.33. The number of amides is 2. The molecule has 0 saturated carbocycles. The molecule has 33 heavy (non-hydrogen) atoms. The molecule has 1 saturated heterocycles. The molecule has 0 bridgehead atoms. The van der Waals surface area contributed by atoms with E-state index < -0.39 is 18.0 Å². The number of nitrogens with zero attached hydrogens (tertiary/aromatic N) is 2. The molecule has 0 radical (unpaired) electrons. The normalized spacial score (nSPS) is 15.5. The van der Waals surface area contributed by atoms with E-state index in [1.165, 1.54) is 23.5 Å². The van der Waals surface area contributed by atoms with Crippen molar-refractivity contribution in [2.75, 3.05) is 18.0 Å². The Morgan fingerprint density at radius 1 is 1.24 bits per heavy atom. The van der Waals surface area contributed by atoms with Gasteiger partial charge in [0.25, 0.3) is 0 Å². The fourth-order valence-electron chi connectivity index (χ4n) is 3.95. The molecule has 0 aliphatic carbocycles. The van der Waals surface area contributed by atoms with E-state index in [1.54, 1.807) is 18.5 Å². The molecular weight excluding hydrogens is 423 g/mol. The number of hydrogen-bond donors (Lipinski definition) is 2. The second-order valence-electron chi connectivity index (χ2n) is 8.24. The van der Waals surface area contributed by atoms with Gasteiger partial charge in [0.2, 0.25) is 5.91 Å². The lowest BCUT2D eigenvalue weighted by atomic mass is 10.0. The number of carbonyl (C=O) groups is 2. The largest absolute Gasteiger partial charge is 0.442 e. The van der Waals surface area contributed by atoms with E-state index in [0.717, 1.165) is 36.2 Å². The molecule has 4 rings (SSSR count). The molecule has 8 heteroatoms. The number of H-pyrrole nitrogens is 1. The number of ether oxygens (including phenoxy) is 1. The molecule has 2 heterocycles. The zero-order valence-electron chi connectivity index (χ0n) is 18.7. The Labute approximate surface area is 192 Å². The van der Waals surface area contributed by atoms with Crippen molar-refractivity contribution >= 4 is 17.7 Å². The van der Waals surface area contributed by atoms with Crippen molar-refractivity contribution in [3.8, 4) is 11.1 Å². The summed E-state index contributed by atoms with van der Waals surface area (Å²) in [6.45, 7) is 3.90. The number of aromatic amines is 1. The topological polar surface area (TPSA) is 87.3 Å². The minimum atomic E-state index is -0.549. The minimum Gasteiger partial charge on any atom is -0.442 e. The van der Waals surface area contributed by atoms with Crippen LogP contribution in [-0.4, -0.2) is 41.2 Å². The summed E-state index contributed by atoms with van der Waals surface area (Å²) in [4.78, 5) is 32.0. The number of cyclic esters (lactones) is 1. The van der Waals surface area contributed by atoms with E-state index in [-0.39, 0.29) is 19.0 Å². The Morgan fingerprint density at radius 2 is 2.03 bits per heavy atom. The smallest absolute Gasteiger partial charge is 0.414 e. The highest BCUT2D eigenvalue weighted by atomic mass is 19.1. The summed E-state index contributed by atoms with van der Waals surface area (Å²) < 4.78 is 20.2. The van der Waals surface area contributed by atoms with Crippen LogP contribution in [0.15, 0.2) is 48.8 Å². The molecule has 2 aromatic carbocycles. The molecule has 0 spiro atoms. The predicted molar refractivity (Wildman–Crippen MR) is 123 cm³/mol. The van der Waals surface area contributed by atoms with Crippen LogP contribution in [0.25, 0.3) is 11.1 Å². The van der Waals surface area contributed by atoms with Gasteiger partial charge in [-0.1, -0.05) is 24.3 Å². The highest BCUT2D eigenvalue weighted by Crippen LogP contribution is 2.29. The third-order valence-electron chi connectivity index (χ3n) is 5.80. The van der Waals surface area contributed by atoms with Gasteiger partial charge in [-0.3, -0.25) is 9.69 Å². The molecule has 1 fully saturated rings. The first kappa shape index (κ1) is 22.5. The predicted octanol–water partition coefficient (Wildman–Crippen LogP) is 4.16. The first-order valence-electron chi connectivity index (χ1n) is 11.0. The second-order valence-corrected chi connectivity index (χ2v) is 8.24. The molecule has 1 aromatic heterocycles. The van der Waals surface area contributed by atoms with Crippen molar-refractivity contribution in [3.63, 3.8) is 0 Å². The fraction of sp³-hybridized carbons (Fsp3) is 0.320. The van der Waals surface area contributed by atoms with Crippen LogP contribution < -0.4 is 10.2 Å². The molecule has 1 aliphatic heterocycles. The zero-order chi connectivity index (χ0) is 23.4. The van der Waals surface area contributed by atoms with Crippen molar-refractivity contribution < 1.29 is 18.7 Å². The molecule has 7 nitrogen and oxygen atoms in total. The van der Waals surface area contributed by atoms with Crippen molar-refractivity contribution in [1.82, 2.24) is 15.3 Å². The van der Waals surface area contributed by atoms with Crippen LogP contribution in [0.1, 0.15) is 30.3 Å². The van der Waals surface area contributed by atoms with Crippen LogP contribution in [0.2, 0.25) is 0 Å². The van der Waals surface area contributed by atoms with Gasteiger partial charge in [0.1, 0.15) is 11.9 Å². The number of rotatable bonds is 8. The summed E-state index contributed by atoms with van der Waals surface area (Å²) in [5.41, 5.74) is 5.07. The molecule has 3 aromatic rings. The summed E-state index contributed by atoms with van der Waals surface area (Å²) in [6, 6.07) is 12.6. The van der Waals surface area contributed by atoms with E-state index in [2.05, 4.69) is 15.3 Å². The van der Waals surface area contributed by atoms with E-state index in [4.69, 9.17) is 4.74 Å². The molecule has 0 unspecified atom stereocenters. The van der Waals surface area contributed by atoms with E-state index in [1.807, 2.05) is 31.2 Å². The van der Waals surface area contributed by atoms with E-state index in [0.29, 0.717) is 11.3 Å². The fourth-order valence-corrected chi connectivity index (χ4v) is 3.95. The van der Waals surface area contributed by atoms with Crippen LogP contribution in [0, 0.1) is 12.7 Å². The molecule has 172 valence electrons. The number of benzene rings is 2. The van der Waals surface area contributed by atoms with Gasteiger partial charge in [0.05, 0.1) is 30.8 Å². The summed E-state index contributed by atoms with van der Waals surface area (Å²) in [5, 5.41) is 2.63. The number of anilines is 1. The van der Waals surface area contributed by atoms with Crippen LogP contribution >= 0.6 is 0 Å². The summed E-state index contributed by atoms with van der Waals surface area (Å²) in [6.07, 6.45) is 3.53. The molecule has 1 aliphatic rings. The van der Waals surface area contributed by atoms with E-state index in [9.17, 15) is 14.0 Å². The van der Waals surface area contributed by atoms with Crippen molar-refractivity contribution in [3.05, 3.63) is 71.6 Å². The minimum absolute atomic E-state index is 0.196. The van der Waals surface area contributed by atoms with Crippen LogP contribution in [0.4, 0.5) is 14.9 Å². The Hall–Kier alpha value is -3.68. The zero-order valence-corrected chi connectivity index (χ0v) is 18.7. The molecule has 2 N–H and O–H groups in total. The van der Waals surface area contributed by atoms with Gasteiger partial charge >= 0.3 is 6.09 Å². The molecule has 2 amide bonds. The van der Waals surface area contributed by atoms with Crippen molar-refractivity contribution in [2.24, 2.45) is 0 Å². The lowest BCUT2D eigenvalue weighted by Gasteiger charge is -2.14. The number of hydrogen-bond acceptors (Lipinski definition) is 4. The summed E-state index contributed by atoms with van der Waals surface area (Å²) in [7, 11) is 0. The first-order chi connectivity index (χ1) is 15.9. The quantitative estimate of drug-likeness (QED) is 0.540. The Morgan fingerprint density at radius 3 is 2.70 bits per heavy atom. The summed E-state index contributed by atoms with van der Waals surface area (Å²) in [5.74, 6) is -0.606. The Bertz CT molecular complexity index is 1140. The van der Waals surface area contributed by atoms with Gasteiger partial charge in [-0.2, -0.15) is 0 Å². The van der Waals surface area contributed by atoms with Gasteiger partial charge in [-0.05, 0) is 55.5 Å². The standard InChI is InChI=1S/C25H27FN4O3/c1-16-24(29-15-28-16)5-3-4-18-6-8-19(9-7-18)22-11-10-20(12-23(22)26)30-14-21(33-25(30)32)13-27-17(2)31/h6-12,15,21H,3-5,13-14H2,1-2H3,(H,27,31)(H,28,29)/t21-/m0/s1. The average molecular weight is 451 g/mol. The highest BCUT2D eigenvalue weighted by molar-refractivity contribution is 5.90. The maximum Gasteiger partial charge on any atom is 0.414 e. The van der Waals surface area contributed by atoms with Gasteiger partial charge < -0.3 is 15.0 Å². The van der Waals surface area contributed by atoms with Gasteiger partial charge in [0, 0.05) is 18.2 Å². The van der Waals surface area contributed by atoms with Crippen LogP contribution in [0.3, 0.4) is 0 Å². The summed E-state index contributed by atoms with van der Waals surface area (Å²) >= 11 is 0. The second kappa shape index (κ2) is 9.85. The number of aromatic nitrogens is 2. The monoisotopic (exact) mass is 450 g/mol. The lowest BCUT2D eigenvalue weighted by molar-refractivity contribution is -0.119. The third kappa shape index (κ3) is 5.39. The van der Waals surface area contributed by atoms with Gasteiger partial charge in [-0.15, -0.1) is 0 Å². The maximum absolute atomic E-state index is 14.9. The number of aryl methyl sites for hydroxylation is 3.